The Hall–Kier alpha value is -2.97. The monoisotopic (exact) mass is 582 g/mol. The molecule has 38 heavy (non-hydrogen) atoms. The molecule has 0 aliphatic heterocycles. The summed E-state index contributed by atoms with van der Waals surface area (Å²) < 4.78 is 88.1. The van der Waals surface area contributed by atoms with Crippen LogP contribution in [0.15, 0.2) is 41.6 Å². The molecule has 208 valence electrons. The molecular formula is C22H25F4N3O7PS+. The van der Waals surface area contributed by atoms with Crippen molar-refractivity contribution < 1.29 is 50.2 Å². The molecule has 6 N–H and O–H groups in total. The maximum absolute atomic E-state index is 14.1. The second kappa shape index (κ2) is 11.0. The van der Waals surface area contributed by atoms with Crippen LogP contribution in [0.1, 0.15) is 41.9 Å². The minimum atomic E-state index is -5.08. The zero-order valence-corrected chi connectivity index (χ0v) is 22.0. The van der Waals surface area contributed by atoms with Crippen molar-refractivity contribution in [3.8, 4) is 0 Å². The van der Waals surface area contributed by atoms with E-state index < -0.39 is 59.9 Å². The van der Waals surface area contributed by atoms with Gasteiger partial charge in [-0.15, -0.1) is 9.79 Å². The maximum atomic E-state index is 14.1. The number of carbonyl (C=O) groups is 1. The number of aromatic amines is 1. The molecule has 3 rings (SSSR count). The fourth-order valence-corrected chi connectivity index (χ4v) is 4.67. The van der Waals surface area contributed by atoms with E-state index in [1.165, 1.54) is 38.2 Å². The molecule has 2 aromatic heterocycles. The molecule has 0 aliphatic carbocycles. The molecule has 1 atom stereocenters. The summed E-state index contributed by atoms with van der Waals surface area (Å²) in [7, 11) is -6.50. The summed E-state index contributed by atoms with van der Waals surface area (Å²) >= 11 is 0. The number of hydrogen-bond acceptors (Lipinski definition) is 6. The number of aliphatic hydroxyl groups is 1. The number of pyridine rings is 1. The van der Waals surface area contributed by atoms with E-state index in [-0.39, 0.29) is 21.8 Å². The predicted molar refractivity (Wildman–Crippen MR) is 129 cm³/mol. The molecule has 0 fully saturated rings. The van der Waals surface area contributed by atoms with E-state index in [1.54, 1.807) is 0 Å². The van der Waals surface area contributed by atoms with Crippen LogP contribution in [-0.2, 0) is 26.2 Å². The van der Waals surface area contributed by atoms with Gasteiger partial charge in [-0.1, -0.05) is 19.9 Å². The highest BCUT2D eigenvalue weighted by Gasteiger charge is 2.56. The smallest absolute Gasteiger partial charge is 0.380 e. The zero-order valence-electron chi connectivity index (χ0n) is 20.2. The van der Waals surface area contributed by atoms with E-state index in [0.29, 0.717) is 10.9 Å². The van der Waals surface area contributed by atoms with Gasteiger partial charge in [-0.3, -0.25) is 4.79 Å². The molecule has 0 bridgehead atoms. The van der Waals surface area contributed by atoms with Gasteiger partial charge in [0.25, 0.3) is 0 Å². The number of aromatic nitrogens is 2. The van der Waals surface area contributed by atoms with E-state index in [9.17, 15) is 35.9 Å². The van der Waals surface area contributed by atoms with E-state index in [2.05, 4.69) is 9.97 Å². The Kier molecular flexibility index (Phi) is 9.07. The Morgan fingerprint density at radius 2 is 1.74 bits per heavy atom. The van der Waals surface area contributed by atoms with E-state index in [0.717, 1.165) is 18.4 Å². The molecule has 10 nitrogen and oxygen atoms in total. The van der Waals surface area contributed by atoms with Crippen molar-refractivity contribution in [1.29, 1.82) is 0 Å². The lowest BCUT2D eigenvalue weighted by Crippen LogP contribution is -2.51. The van der Waals surface area contributed by atoms with Gasteiger partial charge in [0.05, 0.1) is 11.7 Å². The SMILES string of the molecule is CC(C)(C[C@@](O)(Cc1cc2cc(S(C)(=O)=O)ncc2[nH]1)C(F)(F)F)c1ccc(F)cc1C(N)=O.O=[P+](O)O. The molecule has 0 aliphatic rings. The highest BCUT2D eigenvalue weighted by atomic mass is 32.2. The van der Waals surface area contributed by atoms with Crippen LogP contribution in [0, 0.1) is 5.82 Å². The third-order valence-electron chi connectivity index (χ3n) is 5.64. The van der Waals surface area contributed by atoms with Crippen molar-refractivity contribution in [1.82, 2.24) is 9.97 Å². The van der Waals surface area contributed by atoms with Gasteiger partial charge in [-0.05, 0) is 41.7 Å². The number of halogens is 4. The van der Waals surface area contributed by atoms with Gasteiger partial charge in [-0.2, -0.15) is 13.2 Å². The second-order valence-electron chi connectivity index (χ2n) is 9.25. The van der Waals surface area contributed by atoms with E-state index in [1.807, 2.05) is 0 Å². The molecule has 16 heteroatoms. The lowest BCUT2D eigenvalue weighted by atomic mass is 9.72. The molecule has 0 unspecified atom stereocenters. The summed E-state index contributed by atoms with van der Waals surface area (Å²) in [6.45, 7) is 2.77. The molecular weight excluding hydrogens is 557 g/mol. The lowest BCUT2D eigenvalue weighted by molar-refractivity contribution is -0.266. The summed E-state index contributed by atoms with van der Waals surface area (Å²) in [4.78, 5) is 32.5. The molecule has 0 saturated carbocycles. The van der Waals surface area contributed by atoms with Gasteiger partial charge >= 0.3 is 14.4 Å². The van der Waals surface area contributed by atoms with Gasteiger partial charge < -0.3 is 15.8 Å². The summed E-state index contributed by atoms with van der Waals surface area (Å²) in [5, 5.41) is 10.9. The third-order valence-corrected chi connectivity index (χ3v) is 6.62. The average molecular weight is 582 g/mol. The van der Waals surface area contributed by atoms with Gasteiger partial charge in [0.15, 0.2) is 20.5 Å². The van der Waals surface area contributed by atoms with Crippen LogP contribution in [0.3, 0.4) is 0 Å². The number of sulfone groups is 1. The number of carbonyl (C=O) groups excluding carboxylic acids is 1. The lowest BCUT2D eigenvalue weighted by Gasteiger charge is -2.38. The van der Waals surface area contributed by atoms with Gasteiger partial charge in [0.2, 0.25) is 5.91 Å². The highest BCUT2D eigenvalue weighted by molar-refractivity contribution is 7.90. The van der Waals surface area contributed by atoms with Crippen molar-refractivity contribution in [2.24, 2.45) is 5.73 Å². The van der Waals surface area contributed by atoms with Crippen molar-refractivity contribution in [2.75, 3.05) is 6.26 Å². The van der Waals surface area contributed by atoms with Crippen LogP contribution in [0.25, 0.3) is 10.9 Å². The highest BCUT2D eigenvalue weighted by Crippen LogP contribution is 2.44. The van der Waals surface area contributed by atoms with Crippen LogP contribution in [-0.4, -0.2) is 57.2 Å². The number of nitrogens with zero attached hydrogens (tertiary/aromatic N) is 1. The number of rotatable bonds is 7. The van der Waals surface area contributed by atoms with Crippen LogP contribution < -0.4 is 5.73 Å². The number of fused-ring (bicyclic) bond motifs is 1. The van der Waals surface area contributed by atoms with Gasteiger partial charge in [0, 0.05) is 33.9 Å². The number of H-pyrrole nitrogens is 1. The molecule has 1 amide bonds. The first kappa shape index (κ1) is 31.2. The van der Waals surface area contributed by atoms with Crippen molar-refractivity contribution in [2.45, 2.75) is 48.9 Å². The number of nitrogens with one attached hydrogen (secondary N) is 1. The second-order valence-corrected chi connectivity index (χ2v) is 11.7. The summed E-state index contributed by atoms with van der Waals surface area (Å²) in [5.41, 5.74) is 0.659. The average Bonchev–Trinajstić information content (AvgIpc) is 3.12. The van der Waals surface area contributed by atoms with Crippen LogP contribution in [0.2, 0.25) is 0 Å². The quantitative estimate of drug-likeness (QED) is 0.208. The standard InChI is InChI=1S/C22H23F4N3O4S.HO3P/c1-20(2,16-5-4-13(23)8-15(16)19(27)30)11-21(31,22(24,25)26)9-14-6-12-7-18(34(3,32)33)28-10-17(12)29-14;1-4(2)3/h4-8,10,29,31H,9,11H2,1-3H3,(H2,27,30);(H-,1,2,3)/p+1/t21-;/m0./s1. The fourth-order valence-electron chi connectivity index (χ4n) is 4.08. The number of nitrogens with two attached hydrogens (primary N) is 1. The Balaban J connectivity index is 0.00000118. The van der Waals surface area contributed by atoms with Gasteiger partial charge in [0.1, 0.15) is 5.82 Å². The summed E-state index contributed by atoms with van der Waals surface area (Å²) in [6.07, 6.45) is -4.71. The minimum Gasteiger partial charge on any atom is -0.380 e. The van der Waals surface area contributed by atoms with Crippen molar-refractivity contribution in [3.05, 3.63) is 59.2 Å². The Morgan fingerprint density at radius 1 is 1.16 bits per heavy atom. The summed E-state index contributed by atoms with van der Waals surface area (Å²) in [5.74, 6) is -1.79. The largest absolute Gasteiger partial charge is 0.692 e. The Bertz CT molecular complexity index is 1470. The van der Waals surface area contributed by atoms with Crippen LogP contribution in [0.5, 0.6) is 0 Å². The Labute approximate surface area is 215 Å². The first-order chi connectivity index (χ1) is 17.2. The van der Waals surface area contributed by atoms with E-state index in [4.69, 9.17) is 20.1 Å². The van der Waals surface area contributed by atoms with Crippen molar-refractivity contribution in [3.63, 3.8) is 0 Å². The first-order valence-electron chi connectivity index (χ1n) is 10.6. The fraction of sp³-hybridized carbons (Fsp3) is 0.364. The zero-order chi connectivity index (χ0) is 29.3. The first-order valence-corrected chi connectivity index (χ1v) is 13.6. The maximum Gasteiger partial charge on any atom is 0.692 e. The molecule has 0 spiro atoms. The van der Waals surface area contributed by atoms with E-state index >= 15 is 0 Å². The predicted octanol–water partition coefficient (Wildman–Crippen LogP) is 3.04. The molecule has 1 aromatic carbocycles. The molecule has 0 radical (unpaired) electrons. The number of hydrogen-bond donors (Lipinski definition) is 5. The normalized spacial score (nSPS) is 13.9. The molecule has 0 saturated heterocycles. The summed E-state index contributed by atoms with van der Waals surface area (Å²) in [6, 6.07) is 5.55. The Morgan fingerprint density at radius 3 is 2.24 bits per heavy atom. The van der Waals surface area contributed by atoms with Crippen LogP contribution in [0.4, 0.5) is 17.6 Å². The van der Waals surface area contributed by atoms with Crippen molar-refractivity contribution >= 4 is 34.9 Å². The number of amides is 1. The third kappa shape index (κ3) is 7.54. The topological polar surface area (TPSA) is 184 Å². The van der Waals surface area contributed by atoms with Gasteiger partial charge in [-0.25, -0.2) is 17.8 Å². The minimum absolute atomic E-state index is 0.00712. The number of benzene rings is 1. The molecule has 2 heterocycles. The number of primary amides is 1. The molecule has 3 aromatic rings. The number of alkyl halides is 3. The van der Waals surface area contributed by atoms with Crippen LogP contribution >= 0.6 is 8.25 Å².